The van der Waals surface area contributed by atoms with Crippen LogP contribution in [0.2, 0.25) is 0 Å². The van der Waals surface area contributed by atoms with Crippen LogP contribution in [0.15, 0.2) is 75.8 Å². The van der Waals surface area contributed by atoms with Crippen molar-refractivity contribution >= 4 is 16.7 Å². The van der Waals surface area contributed by atoms with E-state index in [-0.39, 0.29) is 5.89 Å². The molecular formula is C23H19N5O2. The van der Waals surface area contributed by atoms with E-state index < -0.39 is 0 Å². The minimum absolute atomic E-state index is 0.284. The Balaban J connectivity index is 1.47. The summed E-state index contributed by atoms with van der Waals surface area (Å²) in [5.74, 6) is 2.75. The lowest BCUT2D eigenvalue weighted by molar-refractivity contribution is 0.513. The smallest absolute Gasteiger partial charge is 0.286 e. The maximum Gasteiger partial charge on any atom is 0.286 e. The van der Waals surface area contributed by atoms with Gasteiger partial charge in [0.15, 0.2) is 0 Å². The molecule has 2 aromatic carbocycles. The number of rotatable bonds is 6. The predicted molar refractivity (Wildman–Crippen MR) is 114 cm³/mol. The Kier molecular flexibility index (Phi) is 4.69. The molecule has 0 aliphatic heterocycles. The first-order valence-electron chi connectivity index (χ1n) is 9.70. The maximum absolute atomic E-state index is 5.89. The Morgan fingerprint density at radius 3 is 2.67 bits per heavy atom. The van der Waals surface area contributed by atoms with Crippen LogP contribution in [0.25, 0.3) is 34.1 Å². The molecule has 3 heterocycles. The van der Waals surface area contributed by atoms with E-state index in [1.165, 1.54) is 0 Å². The molecule has 0 radical (unpaired) electrons. The normalized spacial score (nSPS) is 11.1. The van der Waals surface area contributed by atoms with Crippen LogP contribution in [0, 0.1) is 6.92 Å². The van der Waals surface area contributed by atoms with Gasteiger partial charge in [0.1, 0.15) is 11.6 Å². The van der Waals surface area contributed by atoms with Crippen LogP contribution < -0.4 is 5.32 Å². The van der Waals surface area contributed by atoms with Crippen LogP contribution in [0.3, 0.4) is 0 Å². The fourth-order valence-corrected chi connectivity index (χ4v) is 3.27. The van der Waals surface area contributed by atoms with E-state index in [2.05, 4.69) is 25.5 Å². The third-order valence-corrected chi connectivity index (χ3v) is 4.73. The summed E-state index contributed by atoms with van der Waals surface area (Å²) in [6.45, 7) is 2.69. The van der Waals surface area contributed by atoms with E-state index in [9.17, 15) is 0 Å². The van der Waals surface area contributed by atoms with Crippen LogP contribution in [-0.4, -0.2) is 26.7 Å². The molecule has 3 aromatic heterocycles. The van der Waals surface area contributed by atoms with Gasteiger partial charge < -0.3 is 14.2 Å². The summed E-state index contributed by atoms with van der Waals surface area (Å²) in [4.78, 5) is 9.29. The van der Waals surface area contributed by atoms with Crippen LogP contribution in [0.4, 0.5) is 5.82 Å². The topological polar surface area (TPSA) is 89.9 Å². The largest absolute Gasteiger partial charge is 0.469 e. The summed E-state index contributed by atoms with van der Waals surface area (Å²) in [5.41, 5.74) is 2.79. The lowest BCUT2D eigenvalue weighted by atomic mass is 10.1. The van der Waals surface area contributed by atoms with E-state index in [0.717, 1.165) is 40.0 Å². The third-order valence-electron chi connectivity index (χ3n) is 4.73. The van der Waals surface area contributed by atoms with Gasteiger partial charge in [-0.25, -0.2) is 9.97 Å². The molecule has 1 N–H and O–H groups in total. The summed E-state index contributed by atoms with van der Waals surface area (Å²) in [7, 11) is 0. The highest BCUT2D eigenvalue weighted by Gasteiger charge is 2.16. The Labute approximate surface area is 172 Å². The van der Waals surface area contributed by atoms with Gasteiger partial charge in [0.2, 0.25) is 11.7 Å². The number of fused-ring (bicyclic) bond motifs is 1. The first-order valence-corrected chi connectivity index (χ1v) is 9.70. The Morgan fingerprint density at radius 1 is 0.900 bits per heavy atom. The lowest BCUT2D eigenvalue weighted by Crippen LogP contribution is -2.07. The summed E-state index contributed by atoms with van der Waals surface area (Å²) < 4.78 is 11.3. The lowest BCUT2D eigenvalue weighted by Gasteiger charge is -2.09. The second kappa shape index (κ2) is 7.79. The van der Waals surface area contributed by atoms with Crippen LogP contribution in [0.1, 0.15) is 11.3 Å². The number of aromatic nitrogens is 4. The van der Waals surface area contributed by atoms with Gasteiger partial charge in [-0.05, 0) is 43.3 Å². The van der Waals surface area contributed by atoms with Crippen molar-refractivity contribution in [2.45, 2.75) is 13.3 Å². The monoisotopic (exact) mass is 397 g/mol. The van der Waals surface area contributed by atoms with Gasteiger partial charge >= 0.3 is 0 Å². The van der Waals surface area contributed by atoms with Gasteiger partial charge in [-0.3, -0.25) is 0 Å². The van der Waals surface area contributed by atoms with Gasteiger partial charge in [0.25, 0.3) is 5.89 Å². The second-order valence-electron chi connectivity index (χ2n) is 6.95. The average Bonchev–Trinajstić information content (AvgIpc) is 3.46. The summed E-state index contributed by atoms with van der Waals surface area (Å²) in [6.07, 6.45) is 2.42. The van der Waals surface area contributed by atoms with Gasteiger partial charge in [0, 0.05) is 23.9 Å². The second-order valence-corrected chi connectivity index (χ2v) is 6.95. The SMILES string of the molecule is Cc1cccc(-c2nnc(-c3nc(NCCc4ccco4)c4ccccc4n3)o2)c1. The number of aryl methyl sites for hydroxylation is 1. The zero-order valence-electron chi connectivity index (χ0n) is 16.4. The van der Waals surface area contributed by atoms with Gasteiger partial charge in [-0.15, -0.1) is 10.2 Å². The third kappa shape index (κ3) is 3.65. The van der Waals surface area contributed by atoms with Gasteiger partial charge in [0.05, 0.1) is 11.8 Å². The number of anilines is 1. The maximum atomic E-state index is 5.89. The number of hydrogen-bond acceptors (Lipinski definition) is 7. The summed E-state index contributed by atoms with van der Waals surface area (Å²) >= 11 is 0. The zero-order chi connectivity index (χ0) is 20.3. The number of nitrogens with one attached hydrogen (secondary N) is 1. The van der Waals surface area contributed by atoms with E-state index >= 15 is 0 Å². The number of para-hydroxylation sites is 1. The van der Waals surface area contributed by atoms with Crippen molar-refractivity contribution in [3.63, 3.8) is 0 Å². The quantitative estimate of drug-likeness (QED) is 0.436. The number of furan rings is 1. The van der Waals surface area contributed by atoms with Crippen LogP contribution >= 0.6 is 0 Å². The van der Waals surface area contributed by atoms with Crippen molar-refractivity contribution in [2.24, 2.45) is 0 Å². The van der Waals surface area contributed by atoms with Crippen molar-refractivity contribution in [1.29, 1.82) is 0 Å². The van der Waals surface area contributed by atoms with Crippen molar-refractivity contribution in [3.05, 3.63) is 78.3 Å². The molecule has 0 unspecified atom stereocenters. The Hall–Kier alpha value is -4.00. The molecule has 7 heteroatoms. The molecule has 0 aliphatic carbocycles. The molecule has 148 valence electrons. The Morgan fingerprint density at radius 2 is 1.80 bits per heavy atom. The van der Waals surface area contributed by atoms with Crippen LogP contribution in [-0.2, 0) is 6.42 Å². The fourth-order valence-electron chi connectivity index (χ4n) is 3.27. The van der Waals surface area contributed by atoms with Crippen molar-refractivity contribution in [1.82, 2.24) is 20.2 Å². The van der Waals surface area contributed by atoms with E-state index in [0.29, 0.717) is 18.3 Å². The van der Waals surface area contributed by atoms with Crippen molar-refractivity contribution < 1.29 is 8.83 Å². The molecule has 7 nitrogen and oxygen atoms in total. The first-order chi connectivity index (χ1) is 14.8. The first kappa shape index (κ1) is 18.1. The minimum atomic E-state index is 0.284. The molecule has 0 fully saturated rings. The molecule has 5 aromatic rings. The molecule has 5 rings (SSSR count). The van der Waals surface area contributed by atoms with Crippen molar-refractivity contribution in [2.75, 3.05) is 11.9 Å². The highest BCUT2D eigenvalue weighted by molar-refractivity contribution is 5.90. The molecule has 0 aliphatic rings. The van der Waals surface area contributed by atoms with Crippen LogP contribution in [0.5, 0.6) is 0 Å². The van der Waals surface area contributed by atoms with Gasteiger partial charge in [-0.2, -0.15) is 0 Å². The minimum Gasteiger partial charge on any atom is -0.469 e. The molecule has 0 spiro atoms. The molecule has 30 heavy (non-hydrogen) atoms. The van der Waals surface area contributed by atoms with E-state index in [1.807, 2.05) is 67.6 Å². The van der Waals surface area contributed by atoms with Gasteiger partial charge in [-0.1, -0.05) is 29.8 Å². The number of hydrogen-bond donors (Lipinski definition) is 1. The van der Waals surface area contributed by atoms with Crippen molar-refractivity contribution in [3.8, 4) is 23.2 Å². The summed E-state index contributed by atoms with van der Waals surface area (Å²) in [6, 6.07) is 19.6. The average molecular weight is 397 g/mol. The number of nitrogens with zero attached hydrogens (tertiary/aromatic N) is 4. The Bertz CT molecular complexity index is 1290. The van der Waals surface area contributed by atoms with E-state index in [1.54, 1.807) is 6.26 Å². The summed E-state index contributed by atoms with van der Waals surface area (Å²) in [5, 5.41) is 12.7. The number of benzene rings is 2. The van der Waals surface area contributed by atoms with E-state index in [4.69, 9.17) is 8.83 Å². The molecule has 0 atom stereocenters. The zero-order valence-corrected chi connectivity index (χ0v) is 16.4. The molecule has 0 saturated carbocycles. The fraction of sp³-hybridized carbons (Fsp3) is 0.130. The molecule has 0 bridgehead atoms. The predicted octanol–water partition coefficient (Wildman–Crippen LogP) is 4.90. The molecule has 0 amide bonds. The molecule has 0 saturated heterocycles. The highest BCUT2D eigenvalue weighted by atomic mass is 16.4. The molecular weight excluding hydrogens is 378 g/mol. The highest BCUT2D eigenvalue weighted by Crippen LogP contribution is 2.27. The standard InChI is InChI=1S/C23H19N5O2/c1-15-6-4-7-16(14-15)22-27-28-23(30-22)21-25-19-10-3-2-9-18(19)20(26-21)24-12-11-17-8-5-13-29-17/h2-10,13-14H,11-12H2,1H3,(H,24,25,26).